The van der Waals surface area contributed by atoms with Crippen molar-refractivity contribution in [2.24, 2.45) is 5.41 Å². The molecular formula is C9H19NO3. The molecule has 4 heteroatoms. The van der Waals surface area contributed by atoms with Crippen LogP contribution in [0.4, 0.5) is 0 Å². The number of hydrogen-bond donors (Lipinski definition) is 3. The summed E-state index contributed by atoms with van der Waals surface area (Å²) in [4.78, 5) is 0. The summed E-state index contributed by atoms with van der Waals surface area (Å²) in [7, 11) is 0. The summed E-state index contributed by atoms with van der Waals surface area (Å²) in [6.45, 7) is 3.08. The first kappa shape index (κ1) is 10.9. The second-order valence-corrected chi connectivity index (χ2v) is 3.67. The van der Waals surface area contributed by atoms with Crippen LogP contribution in [0.2, 0.25) is 0 Å². The summed E-state index contributed by atoms with van der Waals surface area (Å²) in [6, 6.07) is 0. The number of aliphatic hydroxyl groups is 2. The van der Waals surface area contributed by atoms with E-state index in [-0.39, 0.29) is 18.6 Å². The number of nitrogens with one attached hydrogen (secondary N) is 1. The van der Waals surface area contributed by atoms with Gasteiger partial charge in [-0.15, -0.1) is 0 Å². The van der Waals surface area contributed by atoms with Crippen LogP contribution in [-0.4, -0.2) is 49.7 Å². The fraction of sp³-hybridized carbons (Fsp3) is 1.00. The fourth-order valence-corrected chi connectivity index (χ4v) is 1.23. The van der Waals surface area contributed by atoms with E-state index in [4.69, 9.17) is 14.9 Å². The molecule has 0 radical (unpaired) electrons. The van der Waals surface area contributed by atoms with E-state index < -0.39 is 0 Å². The molecule has 4 nitrogen and oxygen atoms in total. The van der Waals surface area contributed by atoms with Crippen LogP contribution < -0.4 is 5.32 Å². The van der Waals surface area contributed by atoms with Crippen LogP contribution in [0.3, 0.4) is 0 Å². The smallest absolute Gasteiger partial charge is 0.0698 e. The first-order valence-corrected chi connectivity index (χ1v) is 4.83. The van der Waals surface area contributed by atoms with E-state index in [0.717, 1.165) is 25.9 Å². The van der Waals surface area contributed by atoms with Crippen molar-refractivity contribution in [3.63, 3.8) is 0 Å². The van der Waals surface area contributed by atoms with Gasteiger partial charge in [0.15, 0.2) is 0 Å². The highest BCUT2D eigenvalue weighted by molar-refractivity contribution is 4.94. The second kappa shape index (κ2) is 5.54. The van der Waals surface area contributed by atoms with Crippen LogP contribution in [0.25, 0.3) is 0 Å². The minimum absolute atomic E-state index is 0.0839. The van der Waals surface area contributed by atoms with E-state index in [9.17, 15) is 0 Å². The number of hydrogen-bond acceptors (Lipinski definition) is 4. The lowest BCUT2D eigenvalue weighted by Crippen LogP contribution is -2.29. The molecule has 1 rings (SSSR count). The molecule has 0 unspecified atom stereocenters. The first-order chi connectivity index (χ1) is 6.33. The molecule has 1 aliphatic rings. The Bertz CT molecular complexity index is 137. The molecule has 0 spiro atoms. The van der Waals surface area contributed by atoms with Crippen molar-refractivity contribution in [2.75, 3.05) is 39.5 Å². The maximum Gasteiger partial charge on any atom is 0.0698 e. The molecule has 0 aromatic heterocycles. The van der Waals surface area contributed by atoms with Crippen LogP contribution in [-0.2, 0) is 4.74 Å². The number of aliphatic hydroxyl groups excluding tert-OH is 2. The van der Waals surface area contributed by atoms with Crippen LogP contribution in [0.1, 0.15) is 12.8 Å². The molecule has 1 saturated carbocycles. The summed E-state index contributed by atoms with van der Waals surface area (Å²) in [5.74, 6) is 0. The Morgan fingerprint density at radius 1 is 1.23 bits per heavy atom. The van der Waals surface area contributed by atoms with Gasteiger partial charge in [-0.2, -0.15) is 0 Å². The molecule has 0 atom stereocenters. The largest absolute Gasteiger partial charge is 0.396 e. The molecule has 0 heterocycles. The molecule has 3 N–H and O–H groups in total. The Morgan fingerprint density at radius 3 is 2.54 bits per heavy atom. The minimum atomic E-state index is 0.0839. The van der Waals surface area contributed by atoms with Crippen LogP contribution in [0.15, 0.2) is 0 Å². The van der Waals surface area contributed by atoms with Crippen molar-refractivity contribution in [1.82, 2.24) is 5.32 Å². The van der Waals surface area contributed by atoms with Crippen LogP contribution >= 0.6 is 0 Å². The van der Waals surface area contributed by atoms with E-state index in [1.54, 1.807) is 0 Å². The molecule has 1 fully saturated rings. The lowest BCUT2D eigenvalue weighted by atomic mass is 10.1. The van der Waals surface area contributed by atoms with Gasteiger partial charge >= 0.3 is 0 Å². The highest BCUT2D eigenvalue weighted by Crippen LogP contribution is 2.44. The molecule has 0 saturated heterocycles. The van der Waals surface area contributed by atoms with Crippen molar-refractivity contribution in [3.05, 3.63) is 0 Å². The van der Waals surface area contributed by atoms with Crippen molar-refractivity contribution >= 4 is 0 Å². The molecule has 0 amide bonds. The fourth-order valence-electron chi connectivity index (χ4n) is 1.23. The van der Waals surface area contributed by atoms with Gasteiger partial charge in [-0.25, -0.2) is 0 Å². The zero-order chi connectivity index (χ0) is 9.57. The second-order valence-electron chi connectivity index (χ2n) is 3.67. The Morgan fingerprint density at radius 2 is 2.00 bits per heavy atom. The summed E-state index contributed by atoms with van der Waals surface area (Å²) in [5, 5.41) is 20.6. The third-order valence-electron chi connectivity index (χ3n) is 2.45. The maximum atomic E-state index is 8.99. The molecular weight excluding hydrogens is 170 g/mol. The Labute approximate surface area is 78.9 Å². The Hall–Kier alpha value is -0.160. The van der Waals surface area contributed by atoms with Gasteiger partial charge in [0.2, 0.25) is 0 Å². The lowest BCUT2D eigenvalue weighted by molar-refractivity contribution is 0.0924. The van der Waals surface area contributed by atoms with Crippen LogP contribution in [0.5, 0.6) is 0 Å². The molecule has 13 heavy (non-hydrogen) atoms. The third kappa shape index (κ3) is 4.04. The summed E-state index contributed by atoms with van der Waals surface area (Å²) in [5.41, 5.74) is 0.178. The predicted octanol–water partition coefficient (Wildman–Crippen LogP) is -0.643. The quantitative estimate of drug-likeness (QED) is 0.444. The topological polar surface area (TPSA) is 61.7 Å². The molecule has 0 aliphatic heterocycles. The zero-order valence-electron chi connectivity index (χ0n) is 7.96. The predicted molar refractivity (Wildman–Crippen MR) is 49.5 cm³/mol. The average molecular weight is 189 g/mol. The number of ether oxygens (including phenoxy) is 1. The van der Waals surface area contributed by atoms with Gasteiger partial charge in [-0.1, -0.05) is 0 Å². The standard InChI is InChI=1S/C9H19NO3/c11-4-6-13-5-3-10-7-9(8-12)1-2-9/h10-12H,1-8H2. The summed E-state index contributed by atoms with van der Waals surface area (Å²) in [6.07, 6.45) is 2.27. The number of rotatable bonds is 8. The van der Waals surface area contributed by atoms with Crippen molar-refractivity contribution in [3.8, 4) is 0 Å². The normalized spacial score (nSPS) is 18.9. The Kier molecular flexibility index (Phi) is 4.66. The summed E-state index contributed by atoms with van der Waals surface area (Å²) >= 11 is 0. The van der Waals surface area contributed by atoms with Gasteiger partial charge in [-0.05, 0) is 12.8 Å². The van der Waals surface area contributed by atoms with E-state index in [1.807, 2.05) is 0 Å². The van der Waals surface area contributed by atoms with Crippen LogP contribution in [0, 0.1) is 5.41 Å². The van der Waals surface area contributed by atoms with Crippen molar-refractivity contribution in [2.45, 2.75) is 12.8 Å². The molecule has 78 valence electrons. The third-order valence-corrected chi connectivity index (χ3v) is 2.45. The first-order valence-electron chi connectivity index (χ1n) is 4.83. The molecule has 0 aromatic carbocycles. The van der Waals surface area contributed by atoms with Gasteiger partial charge in [0, 0.05) is 25.1 Å². The highest BCUT2D eigenvalue weighted by atomic mass is 16.5. The van der Waals surface area contributed by atoms with Gasteiger partial charge in [-0.3, -0.25) is 0 Å². The van der Waals surface area contributed by atoms with E-state index in [0.29, 0.717) is 13.2 Å². The van der Waals surface area contributed by atoms with Gasteiger partial charge in [0.05, 0.1) is 19.8 Å². The monoisotopic (exact) mass is 189 g/mol. The van der Waals surface area contributed by atoms with Gasteiger partial charge in [0.1, 0.15) is 0 Å². The average Bonchev–Trinajstić information content (AvgIpc) is 2.92. The van der Waals surface area contributed by atoms with Gasteiger partial charge in [0.25, 0.3) is 0 Å². The van der Waals surface area contributed by atoms with E-state index in [2.05, 4.69) is 5.32 Å². The minimum Gasteiger partial charge on any atom is -0.396 e. The Balaban J connectivity index is 1.84. The van der Waals surface area contributed by atoms with E-state index in [1.165, 1.54) is 0 Å². The van der Waals surface area contributed by atoms with Crippen molar-refractivity contribution in [1.29, 1.82) is 0 Å². The van der Waals surface area contributed by atoms with Gasteiger partial charge < -0.3 is 20.3 Å². The SMILES string of the molecule is OCCOCCNCC1(CO)CC1. The maximum absolute atomic E-state index is 8.99. The molecule has 1 aliphatic carbocycles. The van der Waals surface area contributed by atoms with E-state index >= 15 is 0 Å². The molecule has 0 bridgehead atoms. The highest BCUT2D eigenvalue weighted by Gasteiger charge is 2.41. The summed E-state index contributed by atoms with van der Waals surface area (Å²) < 4.78 is 5.08. The van der Waals surface area contributed by atoms with Crippen molar-refractivity contribution < 1.29 is 14.9 Å². The lowest BCUT2D eigenvalue weighted by Gasteiger charge is -2.12. The zero-order valence-corrected chi connectivity index (χ0v) is 7.96. The molecule has 0 aromatic rings.